The summed E-state index contributed by atoms with van der Waals surface area (Å²) in [6.07, 6.45) is 2.15. The lowest BCUT2D eigenvalue weighted by Gasteiger charge is -2.18. The van der Waals surface area contributed by atoms with E-state index in [0.29, 0.717) is 24.1 Å². The first-order chi connectivity index (χ1) is 16.9. The quantitative estimate of drug-likeness (QED) is 0.311. The van der Waals surface area contributed by atoms with E-state index in [0.717, 1.165) is 30.4 Å². The molecule has 0 spiro atoms. The van der Waals surface area contributed by atoms with Crippen LogP contribution in [0.4, 0.5) is 0 Å². The van der Waals surface area contributed by atoms with Crippen LogP contribution >= 0.6 is 0 Å². The molecule has 0 radical (unpaired) electrons. The topological polar surface area (TPSA) is 102 Å². The molecular weight excluding hydrogens is 440 g/mol. The molecule has 6 nitrogen and oxygen atoms in total. The highest BCUT2D eigenvalue weighted by Crippen LogP contribution is 2.23. The Bertz CT molecular complexity index is 1140. The standard InChI is InChI=1S/C29H34N2O4/c1-19(30-17-28(34)24-9-10-27(33)25(14-24)18-32)11-20-5-4-6-21(12-20)13-29(35)31-26-15-22-7-2-3-8-23(22)16-26/h2-10,12,14,19,26,28,30,32-34H,11,13,15-18H2,1H3,(H,31,35)/t19-,28+/m1/s1. The maximum Gasteiger partial charge on any atom is 0.224 e. The van der Waals surface area contributed by atoms with Gasteiger partial charge >= 0.3 is 0 Å². The zero-order chi connectivity index (χ0) is 24.8. The van der Waals surface area contributed by atoms with Gasteiger partial charge in [0.25, 0.3) is 0 Å². The summed E-state index contributed by atoms with van der Waals surface area (Å²) in [4.78, 5) is 12.6. The van der Waals surface area contributed by atoms with Crippen molar-refractivity contribution in [1.82, 2.24) is 10.6 Å². The van der Waals surface area contributed by atoms with Crippen molar-refractivity contribution in [3.63, 3.8) is 0 Å². The highest BCUT2D eigenvalue weighted by atomic mass is 16.3. The molecule has 0 fully saturated rings. The van der Waals surface area contributed by atoms with Crippen LogP contribution in [0.3, 0.4) is 0 Å². The molecule has 0 heterocycles. The van der Waals surface area contributed by atoms with Crippen molar-refractivity contribution in [3.8, 4) is 5.75 Å². The van der Waals surface area contributed by atoms with Crippen LogP contribution in [0.15, 0.2) is 66.7 Å². The number of aliphatic hydroxyl groups excluding tert-OH is 2. The van der Waals surface area contributed by atoms with Crippen molar-refractivity contribution >= 4 is 5.91 Å². The number of carbonyl (C=O) groups excluding carboxylic acids is 1. The summed E-state index contributed by atoms with van der Waals surface area (Å²) in [6.45, 7) is 2.13. The van der Waals surface area contributed by atoms with E-state index in [1.807, 2.05) is 24.3 Å². The van der Waals surface area contributed by atoms with Gasteiger partial charge in [-0.2, -0.15) is 0 Å². The fraction of sp³-hybridized carbons (Fsp3) is 0.345. The fourth-order valence-corrected chi connectivity index (χ4v) is 4.79. The lowest BCUT2D eigenvalue weighted by Crippen LogP contribution is -2.36. The van der Waals surface area contributed by atoms with Crippen molar-refractivity contribution in [2.24, 2.45) is 0 Å². The summed E-state index contributed by atoms with van der Waals surface area (Å²) in [5.41, 5.74) is 5.81. The third-order valence-electron chi connectivity index (χ3n) is 6.63. The van der Waals surface area contributed by atoms with Gasteiger partial charge in [-0.15, -0.1) is 0 Å². The van der Waals surface area contributed by atoms with E-state index in [2.05, 4.69) is 41.8 Å². The maximum absolute atomic E-state index is 12.6. The van der Waals surface area contributed by atoms with Crippen LogP contribution in [0, 0.1) is 0 Å². The minimum Gasteiger partial charge on any atom is -0.508 e. The zero-order valence-corrected chi connectivity index (χ0v) is 20.1. The van der Waals surface area contributed by atoms with Gasteiger partial charge in [0.15, 0.2) is 0 Å². The van der Waals surface area contributed by atoms with E-state index in [-0.39, 0.29) is 30.3 Å². The Morgan fingerprint density at radius 1 is 1.00 bits per heavy atom. The molecule has 5 N–H and O–H groups in total. The van der Waals surface area contributed by atoms with Crippen molar-refractivity contribution in [2.45, 2.75) is 57.4 Å². The largest absolute Gasteiger partial charge is 0.508 e. The Morgan fingerprint density at radius 2 is 1.71 bits per heavy atom. The van der Waals surface area contributed by atoms with E-state index in [1.165, 1.54) is 17.2 Å². The van der Waals surface area contributed by atoms with E-state index >= 15 is 0 Å². The number of carbonyl (C=O) groups is 1. The molecule has 0 saturated carbocycles. The molecule has 1 amide bonds. The second-order valence-electron chi connectivity index (χ2n) is 9.51. The lowest BCUT2D eigenvalue weighted by atomic mass is 10.0. The predicted molar refractivity (Wildman–Crippen MR) is 136 cm³/mol. The number of hydrogen-bond acceptors (Lipinski definition) is 5. The van der Waals surface area contributed by atoms with Gasteiger partial charge in [0.1, 0.15) is 5.75 Å². The lowest BCUT2D eigenvalue weighted by molar-refractivity contribution is -0.121. The van der Waals surface area contributed by atoms with Crippen LogP contribution in [0.1, 0.15) is 46.4 Å². The van der Waals surface area contributed by atoms with Crippen molar-refractivity contribution in [3.05, 3.63) is 100 Å². The number of nitrogens with one attached hydrogen (secondary N) is 2. The van der Waals surface area contributed by atoms with Crippen molar-refractivity contribution < 1.29 is 20.1 Å². The second kappa shape index (κ2) is 11.5. The molecule has 3 aromatic carbocycles. The molecule has 0 bridgehead atoms. The number of benzene rings is 3. The molecule has 0 saturated heterocycles. The monoisotopic (exact) mass is 474 g/mol. The first kappa shape index (κ1) is 24.9. The number of phenols is 1. The Balaban J connectivity index is 1.25. The molecule has 0 unspecified atom stereocenters. The van der Waals surface area contributed by atoms with Crippen LogP contribution in [0.2, 0.25) is 0 Å². The fourth-order valence-electron chi connectivity index (χ4n) is 4.79. The summed E-state index contributed by atoms with van der Waals surface area (Å²) >= 11 is 0. The molecule has 4 rings (SSSR count). The molecule has 3 aromatic rings. The number of rotatable bonds is 10. The Morgan fingerprint density at radius 3 is 2.43 bits per heavy atom. The van der Waals surface area contributed by atoms with Crippen LogP contribution in [0.5, 0.6) is 5.75 Å². The summed E-state index contributed by atoms with van der Waals surface area (Å²) in [7, 11) is 0. The van der Waals surface area contributed by atoms with Gasteiger partial charge in [0.05, 0.1) is 19.1 Å². The summed E-state index contributed by atoms with van der Waals surface area (Å²) in [6, 6.07) is 21.5. The van der Waals surface area contributed by atoms with Gasteiger partial charge in [0.2, 0.25) is 5.91 Å². The summed E-state index contributed by atoms with van der Waals surface area (Å²) in [5.74, 6) is 0.0667. The molecule has 6 heteroatoms. The zero-order valence-electron chi connectivity index (χ0n) is 20.1. The molecule has 184 valence electrons. The van der Waals surface area contributed by atoms with Gasteiger partial charge in [-0.05, 0) is 66.1 Å². The van der Waals surface area contributed by atoms with E-state index in [9.17, 15) is 20.1 Å². The van der Waals surface area contributed by atoms with Crippen LogP contribution in [-0.4, -0.2) is 39.9 Å². The molecule has 0 aromatic heterocycles. The average Bonchev–Trinajstić information content (AvgIpc) is 3.25. The predicted octanol–water partition coefficient (Wildman–Crippen LogP) is 2.96. The number of fused-ring (bicyclic) bond motifs is 1. The molecule has 1 aliphatic rings. The Labute approximate surface area is 206 Å². The number of aromatic hydroxyl groups is 1. The van der Waals surface area contributed by atoms with Gasteiger partial charge in [-0.25, -0.2) is 0 Å². The third-order valence-corrected chi connectivity index (χ3v) is 6.63. The van der Waals surface area contributed by atoms with Crippen molar-refractivity contribution in [2.75, 3.05) is 6.54 Å². The number of amides is 1. The minimum atomic E-state index is -0.750. The second-order valence-corrected chi connectivity index (χ2v) is 9.51. The number of hydrogen-bond donors (Lipinski definition) is 5. The summed E-state index contributed by atoms with van der Waals surface area (Å²) < 4.78 is 0. The molecular formula is C29H34N2O4. The first-order valence-electron chi connectivity index (χ1n) is 12.2. The summed E-state index contributed by atoms with van der Waals surface area (Å²) in [5, 5.41) is 36.0. The van der Waals surface area contributed by atoms with Gasteiger partial charge < -0.3 is 26.0 Å². The molecule has 35 heavy (non-hydrogen) atoms. The molecule has 1 aliphatic carbocycles. The van der Waals surface area contributed by atoms with Gasteiger partial charge in [-0.3, -0.25) is 4.79 Å². The SMILES string of the molecule is C[C@H](Cc1cccc(CC(=O)NC2Cc3ccccc3C2)c1)NC[C@H](O)c1ccc(O)c(CO)c1. The van der Waals surface area contributed by atoms with Crippen LogP contribution < -0.4 is 10.6 Å². The third kappa shape index (κ3) is 6.69. The minimum absolute atomic E-state index is 0.0201. The first-order valence-corrected chi connectivity index (χ1v) is 12.2. The normalized spacial score (nSPS) is 14.9. The average molecular weight is 475 g/mol. The Kier molecular flexibility index (Phi) is 8.18. The molecule has 2 atom stereocenters. The van der Waals surface area contributed by atoms with E-state index in [4.69, 9.17) is 0 Å². The maximum atomic E-state index is 12.6. The highest BCUT2D eigenvalue weighted by Gasteiger charge is 2.22. The smallest absolute Gasteiger partial charge is 0.224 e. The highest BCUT2D eigenvalue weighted by molar-refractivity contribution is 5.79. The van der Waals surface area contributed by atoms with E-state index < -0.39 is 6.10 Å². The van der Waals surface area contributed by atoms with E-state index in [1.54, 1.807) is 12.1 Å². The Hall–Kier alpha value is -3.19. The van der Waals surface area contributed by atoms with Crippen LogP contribution in [0.25, 0.3) is 0 Å². The van der Waals surface area contributed by atoms with Gasteiger partial charge in [-0.1, -0.05) is 54.6 Å². The van der Waals surface area contributed by atoms with Crippen molar-refractivity contribution in [1.29, 1.82) is 0 Å². The molecule has 0 aliphatic heterocycles. The van der Waals surface area contributed by atoms with Gasteiger partial charge in [0, 0.05) is 24.2 Å². The van der Waals surface area contributed by atoms with Crippen LogP contribution in [-0.2, 0) is 37.1 Å². The number of aliphatic hydroxyl groups is 2.